The van der Waals surface area contributed by atoms with Gasteiger partial charge in [-0.25, -0.2) is 0 Å². The van der Waals surface area contributed by atoms with E-state index in [0.717, 1.165) is 5.56 Å². The standard InChI is InChI=1S/C25H22N2O5S/c1-17-9-12-21(13-10-17)33(29,30)32-23-14-11-19(16-24(23)31-3)15-22-18(2)26-27(25(22)28)20-7-5-4-6-8-20/h4-16H,1-3H3/b22-15+. The van der Waals surface area contributed by atoms with Crippen LogP contribution in [-0.2, 0) is 14.9 Å². The second kappa shape index (κ2) is 8.91. The van der Waals surface area contributed by atoms with Crippen LogP contribution in [0.15, 0.2) is 88.4 Å². The van der Waals surface area contributed by atoms with Crippen LogP contribution in [0.4, 0.5) is 5.69 Å². The molecule has 0 N–H and O–H groups in total. The third-order valence-corrected chi connectivity index (χ3v) is 6.32. The molecule has 0 aliphatic carbocycles. The van der Waals surface area contributed by atoms with E-state index >= 15 is 0 Å². The SMILES string of the molecule is COc1cc(/C=C2/C(=O)N(c3ccccc3)N=C2C)ccc1OS(=O)(=O)c1ccc(C)cc1. The van der Waals surface area contributed by atoms with Gasteiger partial charge in [-0.15, -0.1) is 0 Å². The zero-order chi connectivity index (χ0) is 23.6. The van der Waals surface area contributed by atoms with E-state index in [0.29, 0.717) is 22.5 Å². The number of carbonyl (C=O) groups is 1. The number of nitrogens with zero attached hydrogens (tertiary/aromatic N) is 2. The second-order valence-electron chi connectivity index (χ2n) is 7.46. The van der Waals surface area contributed by atoms with Gasteiger partial charge in [0.1, 0.15) is 4.90 Å². The maximum atomic E-state index is 12.9. The first-order valence-electron chi connectivity index (χ1n) is 10.1. The highest BCUT2D eigenvalue weighted by atomic mass is 32.2. The quantitative estimate of drug-likeness (QED) is 0.396. The van der Waals surface area contributed by atoms with Gasteiger partial charge < -0.3 is 8.92 Å². The minimum Gasteiger partial charge on any atom is -0.493 e. The van der Waals surface area contributed by atoms with Crippen molar-refractivity contribution < 1.29 is 22.1 Å². The molecule has 0 saturated carbocycles. The molecule has 0 unspecified atom stereocenters. The van der Waals surface area contributed by atoms with Gasteiger partial charge in [0.15, 0.2) is 11.5 Å². The van der Waals surface area contributed by atoms with Crippen molar-refractivity contribution in [1.82, 2.24) is 0 Å². The first-order chi connectivity index (χ1) is 15.8. The molecule has 3 aromatic carbocycles. The maximum absolute atomic E-state index is 12.9. The Kier molecular flexibility index (Phi) is 6.02. The number of methoxy groups -OCH3 is 1. The largest absolute Gasteiger partial charge is 0.493 e. The molecule has 0 aromatic heterocycles. The molecule has 8 heteroatoms. The topological polar surface area (TPSA) is 85.3 Å². The van der Waals surface area contributed by atoms with Gasteiger partial charge in [0.05, 0.1) is 24.1 Å². The summed E-state index contributed by atoms with van der Waals surface area (Å²) >= 11 is 0. The molecule has 0 saturated heterocycles. The zero-order valence-electron chi connectivity index (χ0n) is 18.3. The number of hydrogen-bond acceptors (Lipinski definition) is 6. The third kappa shape index (κ3) is 4.65. The number of ether oxygens (including phenoxy) is 1. The Balaban J connectivity index is 1.61. The van der Waals surface area contributed by atoms with Crippen molar-refractivity contribution in [2.75, 3.05) is 12.1 Å². The number of rotatable bonds is 6. The molecular weight excluding hydrogens is 440 g/mol. The average Bonchev–Trinajstić information content (AvgIpc) is 3.09. The fraction of sp³-hybridized carbons (Fsp3) is 0.120. The summed E-state index contributed by atoms with van der Waals surface area (Å²) in [5, 5.41) is 5.71. The normalized spacial score (nSPS) is 15.0. The van der Waals surface area contributed by atoms with Gasteiger partial charge in [-0.1, -0.05) is 42.0 Å². The molecule has 0 spiro atoms. The van der Waals surface area contributed by atoms with Crippen molar-refractivity contribution in [1.29, 1.82) is 0 Å². The van der Waals surface area contributed by atoms with Crippen molar-refractivity contribution >= 4 is 33.5 Å². The third-order valence-electron chi connectivity index (χ3n) is 5.07. The number of para-hydroxylation sites is 1. The predicted octanol–water partition coefficient (Wildman–Crippen LogP) is 4.58. The highest BCUT2D eigenvalue weighted by molar-refractivity contribution is 7.87. The minimum absolute atomic E-state index is 0.0470. The van der Waals surface area contributed by atoms with Crippen LogP contribution in [0.2, 0.25) is 0 Å². The Bertz CT molecular complexity index is 1360. The number of aryl methyl sites for hydroxylation is 1. The van der Waals surface area contributed by atoms with Gasteiger partial charge in [-0.2, -0.15) is 18.5 Å². The number of anilines is 1. The predicted molar refractivity (Wildman–Crippen MR) is 127 cm³/mol. The van der Waals surface area contributed by atoms with Gasteiger partial charge in [0, 0.05) is 0 Å². The summed E-state index contributed by atoms with van der Waals surface area (Å²) in [6.45, 7) is 3.63. The van der Waals surface area contributed by atoms with Gasteiger partial charge in [0.25, 0.3) is 5.91 Å². The number of benzene rings is 3. The first kappa shape index (κ1) is 22.3. The molecular formula is C25H22N2O5S. The van der Waals surface area contributed by atoms with Crippen molar-refractivity contribution in [2.24, 2.45) is 5.10 Å². The van der Waals surface area contributed by atoms with E-state index in [2.05, 4.69) is 5.10 Å². The van der Waals surface area contributed by atoms with E-state index in [4.69, 9.17) is 8.92 Å². The number of carbonyl (C=O) groups excluding carboxylic acids is 1. The van der Waals surface area contributed by atoms with Gasteiger partial charge >= 0.3 is 10.1 Å². The maximum Gasteiger partial charge on any atom is 0.339 e. The summed E-state index contributed by atoms with van der Waals surface area (Å²) in [5.41, 5.74) is 3.26. The van der Waals surface area contributed by atoms with Crippen LogP contribution in [0.25, 0.3) is 6.08 Å². The molecule has 1 heterocycles. The van der Waals surface area contributed by atoms with E-state index in [1.165, 1.54) is 30.3 Å². The number of amides is 1. The minimum atomic E-state index is -4.03. The molecule has 0 bridgehead atoms. The van der Waals surface area contributed by atoms with Crippen LogP contribution in [-0.4, -0.2) is 27.1 Å². The Morgan fingerprint density at radius 2 is 1.61 bits per heavy atom. The summed E-state index contributed by atoms with van der Waals surface area (Å²) in [4.78, 5) is 13.0. The van der Waals surface area contributed by atoms with Crippen molar-refractivity contribution in [2.45, 2.75) is 18.7 Å². The van der Waals surface area contributed by atoms with Crippen LogP contribution in [0, 0.1) is 6.92 Å². The smallest absolute Gasteiger partial charge is 0.339 e. The zero-order valence-corrected chi connectivity index (χ0v) is 19.2. The lowest BCUT2D eigenvalue weighted by molar-refractivity contribution is -0.114. The molecule has 0 radical (unpaired) electrons. The highest BCUT2D eigenvalue weighted by Crippen LogP contribution is 2.32. The monoisotopic (exact) mass is 462 g/mol. The van der Waals surface area contributed by atoms with Crippen LogP contribution in [0.3, 0.4) is 0 Å². The van der Waals surface area contributed by atoms with Crippen molar-refractivity contribution in [3.8, 4) is 11.5 Å². The van der Waals surface area contributed by atoms with E-state index in [1.54, 1.807) is 49.4 Å². The molecule has 0 fully saturated rings. The van der Waals surface area contributed by atoms with E-state index < -0.39 is 10.1 Å². The molecule has 1 aliphatic rings. The summed E-state index contributed by atoms with van der Waals surface area (Å²) < 4.78 is 36.0. The van der Waals surface area contributed by atoms with Crippen molar-refractivity contribution in [3.05, 3.63) is 89.5 Å². The summed E-state index contributed by atoms with van der Waals surface area (Å²) in [7, 11) is -2.61. The van der Waals surface area contributed by atoms with E-state index in [9.17, 15) is 13.2 Å². The van der Waals surface area contributed by atoms with Crippen molar-refractivity contribution in [3.63, 3.8) is 0 Å². The first-order valence-corrected chi connectivity index (χ1v) is 11.6. The molecule has 33 heavy (non-hydrogen) atoms. The second-order valence-corrected chi connectivity index (χ2v) is 9.00. The van der Waals surface area contributed by atoms with Gasteiger partial charge in [-0.05, 0) is 61.9 Å². The summed E-state index contributed by atoms with van der Waals surface area (Å²) in [6, 6.07) is 20.3. The van der Waals surface area contributed by atoms with Gasteiger partial charge in [0.2, 0.25) is 0 Å². The fourth-order valence-electron chi connectivity index (χ4n) is 3.31. The lowest BCUT2D eigenvalue weighted by Gasteiger charge is -2.12. The molecule has 168 valence electrons. The lowest BCUT2D eigenvalue weighted by Crippen LogP contribution is -2.21. The summed E-state index contributed by atoms with van der Waals surface area (Å²) in [6.07, 6.45) is 1.69. The van der Waals surface area contributed by atoms with Crippen LogP contribution >= 0.6 is 0 Å². The molecule has 1 aliphatic heterocycles. The lowest BCUT2D eigenvalue weighted by atomic mass is 10.1. The Labute approximate surface area is 192 Å². The number of hydrogen-bond donors (Lipinski definition) is 0. The molecule has 1 amide bonds. The highest BCUT2D eigenvalue weighted by Gasteiger charge is 2.28. The Morgan fingerprint density at radius 3 is 2.27 bits per heavy atom. The Morgan fingerprint density at radius 1 is 0.909 bits per heavy atom. The number of hydrazone groups is 1. The fourth-order valence-corrected chi connectivity index (χ4v) is 4.25. The Hall–Kier alpha value is -3.91. The van der Waals surface area contributed by atoms with E-state index in [1.807, 2.05) is 25.1 Å². The average molecular weight is 463 g/mol. The van der Waals surface area contributed by atoms with E-state index in [-0.39, 0.29) is 22.3 Å². The molecule has 7 nitrogen and oxygen atoms in total. The van der Waals surface area contributed by atoms with Crippen LogP contribution < -0.4 is 13.9 Å². The van der Waals surface area contributed by atoms with Crippen LogP contribution in [0.5, 0.6) is 11.5 Å². The molecule has 3 aromatic rings. The molecule has 4 rings (SSSR count). The van der Waals surface area contributed by atoms with Crippen LogP contribution in [0.1, 0.15) is 18.1 Å². The van der Waals surface area contributed by atoms with Gasteiger partial charge in [-0.3, -0.25) is 4.79 Å². The summed E-state index contributed by atoms with van der Waals surface area (Å²) in [5.74, 6) is 0.0224. The molecule has 0 atom stereocenters.